The van der Waals surface area contributed by atoms with Crippen molar-refractivity contribution in [2.75, 3.05) is 14.2 Å². The van der Waals surface area contributed by atoms with Gasteiger partial charge in [0.15, 0.2) is 0 Å². The maximum atomic E-state index is 6.48. The van der Waals surface area contributed by atoms with Gasteiger partial charge in [-0.15, -0.1) is 22.9 Å². The van der Waals surface area contributed by atoms with Crippen LogP contribution >= 0.6 is 38.9 Å². The first-order valence-electron chi connectivity index (χ1n) is 5.26. The van der Waals surface area contributed by atoms with Crippen molar-refractivity contribution in [1.29, 1.82) is 0 Å². The highest BCUT2D eigenvalue weighted by Crippen LogP contribution is 2.38. The van der Waals surface area contributed by atoms with Crippen LogP contribution in [-0.4, -0.2) is 14.2 Å². The van der Waals surface area contributed by atoms with Crippen LogP contribution in [0.25, 0.3) is 0 Å². The number of methoxy groups -OCH3 is 2. The van der Waals surface area contributed by atoms with Gasteiger partial charge in [0.25, 0.3) is 0 Å². The van der Waals surface area contributed by atoms with Gasteiger partial charge in [0.05, 0.1) is 23.4 Å². The van der Waals surface area contributed by atoms with Crippen LogP contribution in [0.1, 0.15) is 15.8 Å². The fourth-order valence-corrected chi connectivity index (χ4v) is 3.37. The summed E-state index contributed by atoms with van der Waals surface area (Å²) in [5.41, 5.74) is 0.960. The Morgan fingerprint density at radius 2 is 1.72 bits per heavy atom. The van der Waals surface area contributed by atoms with E-state index in [0.29, 0.717) is 0 Å². The molecule has 0 aliphatic rings. The SMILES string of the molecule is COc1cc(OC)cc(C(Cl)c2ccc(Br)s2)c1. The van der Waals surface area contributed by atoms with Gasteiger partial charge in [-0.1, -0.05) is 0 Å². The first kappa shape index (κ1) is 13.7. The van der Waals surface area contributed by atoms with Crippen molar-refractivity contribution >= 4 is 38.9 Å². The van der Waals surface area contributed by atoms with E-state index in [4.69, 9.17) is 21.1 Å². The second-order valence-electron chi connectivity index (χ2n) is 3.65. The summed E-state index contributed by atoms with van der Waals surface area (Å²) in [5.74, 6) is 1.48. The zero-order valence-electron chi connectivity index (χ0n) is 9.94. The van der Waals surface area contributed by atoms with Gasteiger partial charge in [-0.3, -0.25) is 0 Å². The van der Waals surface area contributed by atoms with Gasteiger partial charge in [0.1, 0.15) is 11.5 Å². The predicted octanol–water partition coefficient (Wildman–Crippen LogP) is 4.86. The molecule has 1 aromatic heterocycles. The normalized spacial score (nSPS) is 12.2. The lowest BCUT2D eigenvalue weighted by Crippen LogP contribution is -1.94. The van der Waals surface area contributed by atoms with Crippen LogP contribution in [0, 0.1) is 0 Å². The number of halogens is 2. The lowest BCUT2D eigenvalue weighted by Gasteiger charge is -2.12. The molecule has 0 radical (unpaired) electrons. The number of benzene rings is 1. The Hall–Kier alpha value is -0.710. The Bertz CT molecular complexity index is 519. The third-order valence-electron chi connectivity index (χ3n) is 2.51. The van der Waals surface area contributed by atoms with Crippen molar-refractivity contribution < 1.29 is 9.47 Å². The number of hydrogen-bond acceptors (Lipinski definition) is 3. The number of hydrogen-bond donors (Lipinski definition) is 0. The van der Waals surface area contributed by atoms with E-state index in [1.165, 1.54) is 0 Å². The molecule has 0 aliphatic carbocycles. The Balaban J connectivity index is 2.37. The summed E-state index contributed by atoms with van der Waals surface area (Å²) < 4.78 is 11.6. The Kier molecular flexibility index (Phi) is 4.54. The summed E-state index contributed by atoms with van der Waals surface area (Å²) in [6.07, 6.45) is 0. The summed E-state index contributed by atoms with van der Waals surface area (Å²) in [5, 5.41) is -0.203. The van der Waals surface area contributed by atoms with Crippen molar-refractivity contribution in [3.63, 3.8) is 0 Å². The lowest BCUT2D eigenvalue weighted by atomic mass is 10.1. The minimum absolute atomic E-state index is 0.203. The molecule has 1 unspecified atom stereocenters. The van der Waals surface area contributed by atoms with Crippen LogP contribution in [0.4, 0.5) is 0 Å². The monoisotopic (exact) mass is 346 g/mol. The van der Waals surface area contributed by atoms with Crippen LogP contribution in [-0.2, 0) is 0 Å². The first-order valence-corrected chi connectivity index (χ1v) is 7.31. The highest BCUT2D eigenvalue weighted by atomic mass is 79.9. The Morgan fingerprint density at radius 3 is 2.17 bits per heavy atom. The molecule has 0 saturated carbocycles. The molecule has 0 N–H and O–H groups in total. The molecule has 0 bridgehead atoms. The van der Waals surface area contributed by atoms with Crippen LogP contribution in [0.2, 0.25) is 0 Å². The number of ether oxygens (including phenoxy) is 2. The minimum Gasteiger partial charge on any atom is -0.497 e. The highest BCUT2D eigenvalue weighted by Gasteiger charge is 2.15. The van der Waals surface area contributed by atoms with Crippen molar-refractivity contribution in [3.8, 4) is 11.5 Å². The molecule has 2 rings (SSSR count). The third kappa shape index (κ3) is 2.99. The predicted molar refractivity (Wildman–Crippen MR) is 79.3 cm³/mol. The molecule has 0 aliphatic heterocycles. The van der Waals surface area contributed by atoms with Crippen LogP contribution in [0.3, 0.4) is 0 Å². The number of alkyl halides is 1. The summed E-state index contributed by atoms with van der Waals surface area (Å²) in [6, 6.07) is 9.68. The van der Waals surface area contributed by atoms with Crippen LogP contribution < -0.4 is 9.47 Å². The average Bonchev–Trinajstić information content (AvgIpc) is 2.83. The minimum atomic E-state index is -0.203. The quantitative estimate of drug-likeness (QED) is 0.736. The van der Waals surface area contributed by atoms with Gasteiger partial charge in [0.2, 0.25) is 0 Å². The van der Waals surface area contributed by atoms with Crippen molar-refractivity contribution in [2.24, 2.45) is 0 Å². The average molecular weight is 348 g/mol. The van der Waals surface area contributed by atoms with E-state index < -0.39 is 0 Å². The fraction of sp³-hybridized carbons (Fsp3) is 0.231. The number of rotatable bonds is 4. The standard InChI is InChI=1S/C13H12BrClO2S/c1-16-9-5-8(6-10(7-9)17-2)13(15)11-3-4-12(14)18-11/h3-7,13H,1-2H3. The number of thiophene rings is 1. The molecular formula is C13H12BrClO2S. The molecule has 0 amide bonds. The zero-order chi connectivity index (χ0) is 13.1. The third-order valence-corrected chi connectivity index (χ3v) is 4.82. The van der Waals surface area contributed by atoms with Gasteiger partial charge >= 0.3 is 0 Å². The fourth-order valence-electron chi connectivity index (χ4n) is 1.60. The molecule has 5 heteroatoms. The van der Waals surface area contributed by atoms with E-state index in [1.54, 1.807) is 25.6 Å². The van der Waals surface area contributed by atoms with Crippen molar-refractivity contribution in [1.82, 2.24) is 0 Å². The van der Waals surface area contributed by atoms with Gasteiger partial charge in [0, 0.05) is 10.9 Å². The molecule has 18 heavy (non-hydrogen) atoms. The molecule has 0 saturated heterocycles. The van der Waals surface area contributed by atoms with Crippen LogP contribution in [0.15, 0.2) is 34.1 Å². The molecule has 1 heterocycles. The second kappa shape index (κ2) is 5.95. The zero-order valence-corrected chi connectivity index (χ0v) is 13.1. The molecule has 1 atom stereocenters. The van der Waals surface area contributed by atoms with E-state index in [9.17, 15) is 0 Å². The summed E-state index contributed by atoms with van der Waals surface area (Å²) >= 11 is 11.5. The largest absolute Gasteiger partial charge is 0.497 e. The van der Waals surface area contributed by atoms with E-state index in [-0.39, 0.29) is 5.38 Å². The molecule has 2 nitrogen and oxygen atoms in total. The van der Waals surface area contributed by atoms with Crippen molar-refractivity contribution in [2.45, 2.75) is 5.38 Å². The van der Waals surface area contributed by atoms with E-state index in [0.717, 1.165) is 25.7 Å². The van der Waals surface area contributed by atoms with Gasteiger partial charge in [-0.25, -0.2) is 0 Å². The topological polar surface area (TPSA) is 18.5 Å². The first-order chi connectivity index (χ1) is 8.63. The summed E-state index contributed by atoms with van der Waals surface area (Å²) in [4.78, 5) is 1.08. The van der Waals surface area contributed by atoms with Gasteiger partial charge in [-0.2, -0.15) is 0 Å². The van der Waals surface area contributed by atoms with Crippen LogP contribution in [0.5, 0.6) is 11.5 Å². The molecule has 1 aromatic carbocycles. The highest BCUT2D eigenvalue weighted by molar-refractivity contribution is 9.11. The second-order valence-corrected chi connectivity index (χ2v) is 6.58. The smallest absolute Gasteiger partial charge is 0.122 e. The van der Waals surface area contributed by atoms with E-state index in [1.807, 2.05) is 30.3 Å². The van der Waals surface area contributed by atoms with E-state index in [2.05, 4.69) is 15.9 Å². The molecule has 96 valence electrons. The van der Waals surface area contributed by atoms with Gasteiger partial charge < -0.3 is 9.47 Å². The maximum absolute atomic E-state index is 6.48. The van der Waals surface area contributed by atoms with Gasteiger partial charge in [-0.05, 0) is 45.8 Å². The van der Waals surface area contributed by atoms with E-state index >= 15 is 0 Å². The summed E-state index contributed by atoms with van der Waals surface area (Å²) in [6.45, 7) is 0. The Labute approximate surface area is 124 Å². The molecule has 0 spiro atoms. The molecular weight excluding hydrogens is 336 g/mol. The summed E-state index contributed by atoms with van der Waals surface area (Å²) in [7, 11) is 3.26. The van der Waals surface area contributed by atoms with Crippen molar-refractivity contribution in [3.05, 3.63) is 44.6 Å². The Morgan fingerprint density at radius 1 is 1.11 bits per heavy atom. The lowest BCUT2D eigenvalue weighted by molar-refractivity contribution is 0.393. The molecule has 0 fully saturated rings. The maximum Gasteiger partial charge on any atom is 0.122 e. The molecule has 2 aromatic rings.